The number of amides is 2. The SMILES string of the molecule is CC(CNC(N)=O)/C(N)=N/O. The van der Waals surface area contributed by atoms with Gasteiger partial charge in [-0.15, -0.1) is 0 Å². The number of carbonyl (C=O) groups excluding carboxylic acids is 1. The van der Waals surface area contributed by atoms with Crippen molar-refractivity contribution in [2.24, 2.45) is 22.5 Å². The number of nitrogens with two attached hydrogens (primary N) is 2. The van der Waals surface area contributed by atoms with E-state index < -0.39 is 6.03 Å². The van der Waals surface area contributed by atoms with Crippen LogP contribution in [0.25, 0.3) is 0 Å². The van der Waals surface area contributed by atoms with Crippen LogP contribution < -0.4 is 16.8 Å². The minimum absolute atomic E-state index is 0.0683. The average Bonchev–Trinajstić information content (AvgIpc) is 1.98. The molecule has 0 saturated heterocycles. The highest BCUT2D eigenvalue weighted by molar-refractivity contribution is 5.82. The molecule has 0 saturated carbocycles. The van der Waals surface area contributed by atoms with E-state index in [1.807, 2.05) is 0 Å². The summed E-state index contributed by atoms with van der Waals surface area (Å²) < 4.78 is 0. The quantitative estimate of drug-likeness (QED) is 0.184. The van der Waals surface area contributed by atoms with E-state index in [9.17, 15) is 4.79 Å². The minimum Gasteiger partial charge on any atom is -0.409 e. The van der Waals surface area contributed by atoms with Crippen LogP contribution in [0.1, 0.15) is 6.92 Å². The summed E-state index contributed by atoms with van der Waals surface area (Å²) in [6.07, 6.45) is 0. The first kappa shape index (κ1) is 9.54. The van der Waals surface area contributed by atoms with Gasteiger partial charge < -0.3 is 22.0 Å². The molecular weight excluding hydrogens is 148 g/mol. The van der Waals surface area contributed by atoms with Crippen molar-refractivity contribution in [3.63, 3.8) is 0 Å². The Bertz CT molecular complexity index is 168. The monoisotopic (exact) mass is 160 g/mol. The molecule has 2 amide bonds. The van der Waals surface area contributed by atoms with Crippen LogP contribution in [-0.4, -0.2) is 23.6 Å². The first-order valence-electron chi connectivity index (χ1n) is 3.08. The molecule has 0 aliphatic rings. The molecule has 0 fully saturated rings. The molecule has 11 heavy (non-hydrogen) atoms. The predicted octanol–water partition coefficient (Wildman–Crippen LogP) is -0.963. The third-order valence-corrected chi connectivity index (χ3v) is 1.20. The number of nitrogens with one attached hydrogen (secondary N) is 1. The predicted molar refractivity (Wildman–Crippen MR) is 40.2 cm³/mol. The van der Waals surface area contributed by atoms with Crippen molar-refractivity contribution in [2.45, 2.75) is 6.92 Å². The van der Waals surface area contributed by atoms with Crippen LogP contribution in [-0.2, 0) is 0 Å². The number of hydrogen-bond donors (Lipinski definition) is 4. The summed E-state index contributed by atoms with van der Waals surface area (Å²) in [5.41, 5.74) is 10.00. The molecule has 6 N–H and O–H groups in total. The number of nitrogens with zero attached hydrogens (tertiary/aromatic N) is 1. The first-order valence-corrected chi connectivity index (χ1v) is 3.08. The van der Waals surface area contributed by atoms with Crippen LogP contribution in [0, 0.1) is 5.92 Å². The molecule has 0 spiro atoms. The molecule has 6 heteroatoms. The number of amidine groups is 1. The van der Waals surface area contributed by atoms with Gasteiger partial charge in [-0.05, 0) is 0 Å². The van der Waals surface area contributed by atoms with Crippen LogP contribution in [0.5, 0.6) is 0 Å². The van der Waals surface area contributed by atoms with E-state index in [1.54, 1.807) is 6.92 Å². The third kappa shape index (κ3) is 4.01. The second kappa shape index (κ2) is 4.37. The summed E-state index contributed by atoms with van der Waals surface area (Å²) in [5.74, 6) is -0.147. The van der Waals surface area contributed by atoms with Gasteiger partial charge >= 0.3 is 6.03 Å². The van der Waals surface area contributed by atoms with E-state index in [0.29, 0.717) is 0 Å². The van der Waals surface area contributed by atoms with Crippen LogP contribution in [0.2, 0.25) is 0 Å². The van der Waals surface area contributed by atoms with Crippen LogP contribution >= 0.6 is 0 Å². The zero-order chi connectivity index (χ0) is 8.85. The fraction of sp³-hybridized carbons (Fsp3) is 0.600. The Balaban J connectivity index is 3.69. The van der Waals surface area contributed by atoms with E-state index in [0.717, 1.165) is 0 Å². The zero-order valence-electron chi connectivity index (χ0n) is 6.24. The van der Waals surface area contributed by atoms with Crippen molar-refractivity contribution in [3.05, 3.63) is 0 Å². The summed E-state index contributed by atoms with van der Waals surface area (Å²) in [6.45, 7) is 1.97. The summed E-state index contributed by atoms with van der Waals surface area (Å²) >= 11 is 0. The van der Waals surface area contributed by atoms with Crippen LogP contribution in [0.4, 0.5) is 4.79 Å². The van der Waals surface area contributed by atoms with Gasteiger partial charge in [0, 0.05) is 12.5 Å². The lowest BCUT2D eigenvalue weighted by atomic mass is 10.1. The van der Waals surface area contributed by atoms with E-state index in [4.69, 9.17) is 16.7 Å². The van der Waals surface area contributed by atoms with E-state index in [1.165, 1.54) is 0 Å². The molecule has 0 bridgehead atoms. The van der Waals surface area contributed by atoms with E-state index >= 15 is 0 Å². The molecule has 0 aromatic carbocycles. The second-order valence-corrected chi connectivity index (χ2v) is 2.17. The maximum Gasteiger partial charge on any atom is 0.312 e. The fourth-order valence-corrected chi connectivity index (χ4v) is 0.457. The lowest BCUT2D eigenvalue weighted by molar-refractivity contribution is 0.248. The van der Waals surface area contributed by atoms with Crippen molar-refractivity contribution < 1.29 is 10.0 Å². The zero-order valence-corrected chi connectivity index (χ0v) is 6.24. The molecule has 1 unspecified atom stereocenters. The number of carbonyl (C=O) groups is 1. The molecule has 64 valence electrons. The molecular formula is C5H12N4O2. The lowest BCUT2D eigenvalue weighted by Gasteiger charge is -2.08. The maximum atomic E-state index is 10.2. The van der Waals surface area contributed by atoms with Gasteiger partial charge in [0.05, 0.1) is 0 Å². The standard InChI is InChI=1S/C5H12N4O2/c1-3(4(6)9-11)2-8-5(7)10/h3,11H,2H2,1H3,(H2,6,9)(H3,7,8,10). The smallest absolute Gasteiger partial charge is 0.312 e. The van der Waals surface area contributed by atoms with Crippen molar-refractivity contribution in [3.8, 4) is 0 Å². The third-order valence-electron chi connectivity index (χ3n) is 1.20. The highest BCUT2D eigenvalue weighted by atomic mass is 16.4. The Morgan fingerprint density at radius 3 is 2.64 bits per heavy atom. The highest BCUT2D eigenvalue weighted by Gasteiger charge is 2.07. The van der Waals surface area contributed by atoms with Crippen molar-refractivity contribution in [1.29, 1.82) is 0 Å². The highest BCUT2D eigenvalue weighted by Crippen LogP contribution is 1.90. The molecule has 0 heterocycles. The van der Waals surface area contributed by atoms with E-state index in [-0.39, 0.29) is 18.3 Å². The molecule has 0 aliphatic heterocycles. The normalized spacial score (nSPS) is 14.1. The van der Waals surface area contributed by atoms with Gasteiger partial charge in [-0.25, -0.2) is 4.79 Å². The van der Waals surface area contributed by atoms with Gasteiger partial charge in [-0.3, -0.25) is 0 Å². The van der Waals surface area contributed by atoms with Crippen molar-refractivity contribution in [2.75, 3.05) is 6.54 Å². The van der Waals surface area contributed by atoms with Crippen LogP contribution in [0.15, 0.2) is 5.16 Å². The largest absolute Gasteiger partial charge is 0.409 e. The Hall–Kier alpha value is -1.46. The number of urea groups is 1. The topological polar surface area (TPSA) is 114 Å². The summed E-state index contributed by atoms with van der Waals surface area (Å²) in [5, 5.41) is 13.3. The lowest BCUT2D eigenvalue weighted by Crippen LogP contribution is -2.37. The number of hydrogen-bond acceptors (Lipinski definition) is 3. The van der Waals surface area contributed by atoms with Gasteiger partial charge in [0.15, 0.2) is 0 Å². The molecule has 6 nitrogen and oxygen atoms in total. The molecule has 0 rings (SSSR count). The minimum atomic E-state index is -0.623. The molecule has 0 aromatic rings. The van der Waals surface area contributed by atoms with E-state index in [2.05, 4.69) is 10.5 Å². The maximum absolute atomic E-state index is 10.2. The fourth-order valence-electron chi connectivity index (χ4n) is 0.457. The molecule has 0 radical (unpaired) electrons. The molecule has 0 aliphatic carbocycles. The summed E-state index contributed by atoms with van der Waals surface area (Å²) in [7, 11) is 0. The van der Waals surface area contributed by atoms with Gasteiger partial charge in [0.25, 0.3) is 0 Å². The Labute approximate surface area is 64.2 Å². The summed E-state index contributed by atoms with van der Waals surface area (Å²) in [6, 6.07) is -0.623. The Kier molecular flexibility index (Phi) is 3.79. The Morgan fingerprint density at radius 1 is 1.73 bits per heavy atom. The molecule has 1 atom stereocenters. The van der Waals surface area contributed by atoms with Crippen LogP contribution in [0.3, 0.4) is 0 Å². The van der Waals surface area contributed by atoms with Gasteiger partial charge in [0.1, 0.15) is 5.84 Å². The van der Waals surface area contributed by atoms with Gasteiger partial charge in [-0.2, -0.15) is 0 Å². The number of rotatable bonds is 3. The van der Waals surface area contributed by atoms with Gasteiger partial charge in [0.2, 0.25) is 0 Å². The number of oxime groups is 1. The average molecular weight is 160 g/mol. The van der Waals surface area contributed by atoms with Crippen molar-refractivity contribution >= 4 is 11.9 Å². The number of primary amides is 1. The summed E-state index contributed by atoms with van der Waals surface area (Å²) in [4.78, 5) is 10.2. The molecule has 0 aromatic heterocycles. The second-order valence-electron chi connectivity index (χ2n) is 2.17. The van der Waals surface area contributed by atoms with Gasteiger partial charge in [-0.1, -0.05) is 12.1 Å². The first-order chi connectivity index (χ1) is 5.07. The Morgan fingerprint density at radius 2 is 2.27 bits per heavy atom. The van der Waals surface area contributed by atoms with Crippen molar-refractivity contribution in [1.82, 2.24) is 5.32 Å².